The fourth-order valence-corrected chi connectivity index (χ4v) is 12.3. The molecule has 23 nitrogen and oxygen atoms in total. The van der Waals surface area contributed by atoms with E-state index in [0.717, 1.165) is 46.8 Å². The van der Waals surface area contributed by atoms with Crippen LogP contribution in [0.15, 0.2) is 93.4 Å². The van der Waals surface area contributed by atoms with E-state index < -0.39 is 102 Å². The van der Waals surface area contributed by atoms with Gasteiger partial charge in [-0.1, -0.05) is 60.9 Å². The Labute approximate surface area is 541 Å². The minimum Gasteiger partial charge on any atom is -0.465 e. The van der Waals surface area contributed by atoms with E-state index in [9.17, 15) is 58.5 Å². The first-order valence-corrected chi connectivity index (χ1v) is 31.7. The third kappa shape index (κ3) is 22.6. The molecule has 490 valence electrons. The van der Waals surface area contributed by atoms with Crippen molar-refractivity contribution in [3.63, 3.8) is 0 Å². The second kappa shape index (κ2) is 36.3. The number of hydrogen-bond acceptors (Lipinski definition) is 25. The van der Waals surface area contributed by atoms with Crippen molar-refractivity contribution in [3.8, 4) is 35.1 Å². The van der Waals surface area contributed by atoms with Crippen LogP contribution < -0.4 is 18.9 Å². The molecule has 0 aromatic heterocycles. The van der Waals surface area contributed by atoms with Crippen molar-refractivity contribution in [1.29, 1.82) is 10.5 Å². The summed E-state index contributed by atoms with van der Waals surface area (Å²) in [7, 11) is 0. The molecule has 0 radical (unpaired) electrons. The number of carbonyl (C=O) groups excluding carboxylic acids is 10. The lowest BCUT2D eigenvalue weighted by atomic mass is 9.82. The summed E-state index contributed by atoms with van der Waals surface area (Å²) in [5.41, 5.74) is 2.45. The predicted molar refractivity (Wildman–Crippen MR) is 329 cm³/mol. The Bertz CT molecular complexity index is 3310. The summed E-state index contributed by atoms with van der Waals surface area (Å²) in [5.74, 6) is -6.61. The highest BCUT2D eigenvalue weighted by atomic mass is 32.2. The van der Waals surface area contributed by atoms with E-state index in [-0.39, 0.29) is 75.8 Å². The fourth-order valence-electron chi connectivity index (χ4n) is 9.69. The SMILES string of the molecule is C=CC(=O)OCC(C)OC(=O)CCC(=O)OCCc1ccc(OC(=O)[C@H]2CC[C@H](C(=O)Oc3c(C)c(C)c(OC(=O)[C@H]4CC[C@H](C(=O)Oc5ccc(CCOC(=O)CCC(=O)OCC(C)OCC(C)OC(=O)C=C)cc5)CC4)c4c3SC(=C(C#N)C#N)S4)CC2)cc1. The quantitative estimate of drug-likeness (QED) is 0.0190. The second-order valence-corrected chi connectivity index (χ2v) is 24.4. The van der Waals surface area contributed by atoms with Gasteiger partial charge >= 0.3 is 59.7 Å². The third-order valence-electron chi connectivity index (χ3n) is 15.1. The van der Waals surface area contributed by atoms with Gasteiger partial charge in [0.2, 0.25) is 0 Å². The number of carbonyl (C=O) groups is 10. The number of fused-ring (bicyclic) bond motifs is 1. The van der Waals surface area contributed by atoms with Crippen LogP contribution >= 0.6 is 23.5 Å². The zero-order valence-corrected chi connectivity index (χ0v) is 53.6. The van der Waals surface area contributed by atoms with Gasteiger partial charge in [0.1, 0.15) is 66.1 Å². The van der Waals surface area contributed by atoms with Crippen LogP contribution in [0.25, 0.3) is 0 Å². The number of hydrogen-bond donors (Lipinski definition) is 0. The Morgan fingerprint density at radius 2 is 0.859 bits per heavy atom. The molecule has 2 fully saturated rings. The number of thioether (sulfide) groups is 2. The van der Waals surface area contributed by atoms with Gasteiger partial charge in [-0.05, 0) is 133 Å². The van der Waals surface area contributed by atoms with E-state index in [1.54, 1.807) is 83.1 Å². The van der Waals surface area contributed by atoms with E-state index >= 15 is 0 Å². The molecule has 1 aliphatic heterocycles. The Kier molecular flexibility index (Phi) is 28.5. The highest BCUT2D eigenvalue weighted by molar-refractivity contribution is 8.24. The van der Waals surface area contributed by atoms with E-state index in [0.29, 0.717) is 101 Å². The molecule has 0 amide bonds. The van der Waals surface area contributed by atoms with Crippen LogP contribution in [-0.2, 0) is 93.9 Å². The standard InChI is InChI=1S/C67H74N2O21S2/c1-8-53(70)83-38-41(5)86-58(75)29-28-56(73)81-33-31-45-12-24-52(25-13-45)88-64(77)47-16-20-49(21-17-47)66(79)90-60-43(7)42(6)59(61-62(60)92-67(91-61)50(34-68)35-69)89-65(78)48-18-14-46(15-19-48)63(76)87-51-22-10-44(11-23-51)30-32-80-55(72)26-27-57(74)84-36-39(3)82-37-40(4)85-54(71)9-2/h8-13,22-25,39-41,46-49H,1-2,14-21,26-33,36-38H2,3-7H3/t39?,40?,41?,46-,47-,48-,49-. The van der Waals surface area contributed by atoms with Crippen molar-refractivity contribution < 1.29 is 100 Å². The lowest BCUT2D eigenvalue weighted by Crippen LogP contribution is -2.31. The number of allylic oxidation sites excluding steroid dienone is 1. The zero-order valence-electron chi connectivity index (χ0n) is 51.9. The molecule has 2 aliphatic carbocycles. The van der Waals surface area contributed by atoms with Gasteiger partial charge in [0, 0.05) is 25.0 Å². The molecule has 2 saturated carbocycles. The monoisotopic (exact) mass is 1310 g/mol. The molecular formula is C67H74N2O21S2. The number of esters is 10. The van der Waals surface area contributed by atoms with Crippen LogP contribution in [0.5, 0.6) is 23.0 Å². The van der Waals surface area contributed by atoms with E-state index in [4.69, 9.17) is 52.1 Å². The van der Waals surface area contributed by atoms with Crippen LogP contribution in [0.1, 0.15) is 120 Å². The molecule has 3 aromatic carbocycles. The van der Waals surface area contributed by atoms with Gasteiger partial charge in [-0.25, -0.2) is 9.59 Å². The van der Waals surface area contributed by atoms with Gasteiger partial charge in [-0.15, -0.1) is 0 Å². The third-order valence-corrected chi connectivity index (χ3v) is 17.7. The first kappa shape index (κ1) is 72.3. The van der Waals surface area contributed by atoms with E-state index in [1.165, 1.54) is 0 Å². The summed E-state index contributed by atoms with van der Waals surface area (Å²) in [6, 6.07) is 17.3. The summed E-state index contributed by atoms with van der Waals surface area (Å²) < 4.78 is 60.2. The summed E-state index contributed by atoms with van der Waals surface area (Å²) in [5, 5.41) is 19.6. The Morgan fingerprint density at radius 3 is 1.26 bits per heavy atom. The molecule has 0 bridgehead atoms. The number of ether oxygens (including phenoxy) is 11. The highest BCUT2D eigenvalue weighted by Gasteiger charge is 2.39. The maximum Gasteiger partial charge on any atom is 0.330 e. The molecule has 0 saturated heterocycles. The highest BCUT2D eigenvalue weighted by Crippen LogP contribution is 2.61. The summed E-state index contributed by atoms with van der Waals surface area (Å²) >= 11 is 2.14. The van der Waals surface area contributed by atoms with Crippen LogP contribution in [0, 0.1) is 60.2 Å². The van der Waals surface area contributed by atoms with Crippen LogP contribution in [0.4, 0.5) is 0 Å². The minimum atomic E-state index is -0.701. The van der Waals surface area contributed by atoms with Crippen molar-refractivity contribution in [3.05, 3.63) is 106 Å². The smallest absolute Gasteiger partial charge is 0.330 e. The minimum absolute atomic E-state index is 0.0460. The molecule has 0 spiro atoms. The van der Waals surface area contributed by atoms with Crippen LogP contribution in [-0.4, -0.2) is 111 Å². The predicted octanol–water partition coefficient (Wildman–Crippen LogP) is 9.85. The molecule has 1 heterocycles. The number of benzene rings is 3. The topological polar surface area (TPSA) is 320 Å². The molecule has 25 heteroatoms. The molecule has 6 rings (SSSR count). The lowest BCUT2D eigenvalue weighted by Gasteiger charge is -2.27. The molecule has 3 aliphatic rings. The molecule has 0 N–H and O–H groups in total. The molecule has 92 heavy (non-hydrogen) atoms. The van der Waals surface area contributed by atoms with E-state index in [2.05, 4.69) is 13.2 Å². The van der Waals surface area contributed by atoms with Crippen LogP contribution in [0.3, 0.4) is 0 Å². The molecule has 3 atom stereocenters. The number of rotatable bonds is 31. The normalized spacial score (nSPS) is 17.4. The maximum absolute atomic E-state index is 13.9. The van der Waals surface area contributed by atoms with Crippen LogP contribution in [0.2, 0.25) is 0 Å². The molecule has 3 unspecified atom stereocenters. The first-order valence-electron chi connectivity index (χ1n) is 30.1. The van der Waals surface area contributed by atoms with Gasteiger partial charge in [-0.2, -0.15) is 10.5 Å². The summed E-state index contributed by atoms with van der Waals surface area (Å²) in [6.07, 6.45) is 3.07. The largest absolute Gasteiger partial charge is 0.465 e. The Morgan fingerprint density at radius 1 is 0.489 bits per heavy atom. The average molecular weight is 1310 g/mol. The number of nitriles is 2. The van der Waals surface area contributed by atoms with Gasteiger partial charge in [-0.3, -0.25) is 38.4 Å². The van der Waals surface area contributed by atoms with Gasteiger partial charge < -0.3 is 52.1 Å². The van der Waals surface area contributed by atoms with E-state index in [1.807, 2.05) is 12.1 Å². The molecular weight excluding hydrogens is 1230 g/mol. The van der Waals surface area contributed by atoms with Gasteiger partial charge in [0.05, 0.1) is 89.3 Å². The zero-order chi connectivity index (χ0) is 66.9. The van der Waals surface area contributed by atoms with Crippen molar-refractivity contribution in [1.82, 2.24) is 0 Å². The van der Waals surface area contributed by atoms with Crippen molar-refractivity contribution in [2.24, 2.45) is 23.7 Å². The summed E-state index contributed by atoms with van der Waals surface area (Å²) in [4.78, 5) is 127. The first-order chi connectivity index (χ1) is 44.1. The second-order valence-electron chi connectivity index (χ2n) is 22.1. The lowest BCUT2D eigenvalue weighted by molar-refractivity contribution is -0.157. The molecule has 3 aromatic rings. The van der Waals surface area contributed by atoms with Crippen molar-refractivity contribution >= 4 is 83.2 Å². The van der Waals surface area contributed by atoms with Gasteiger partial charge in [0.15, 0.2) is 0 Å². The van der Waals surface area contributed by atoms with Crippen molar-refractivity contribution in [2.45, 2.75) is 153 Å². The number of nitrogens with zero attached hydrogens (tertiary/aromatic N) is 2. The average Bonchev–Trinajstić information content (AvgIpc) is 1.55. The fraction of sp³-hybridized carbons (Fsp3) is 0.463. The summed E-state index contributed by atoms with van der Waals surface area (Å²) in [6.45, 7) is 14.9. The Hall–Kier alpha value is -8.78. The maximum atomic E-state index is 13.9. The van der Waals surface area contributed by atoms with Crippen molar-refractivity contribution in [2.75, 3.05) is 33.0 Å². The Balaban J connectivity index is 0.914. The van der Waals surface area contributed by atoms with Gasteiger partial charge in [0.25, 0.3) is 0 Å².